The lowest BCUT2D eigenvalue weighted by Gasteiger charge is -2.33. The topological polar surface area (TPSA) is 42.0 Å². The van der Waals surface area contributed by atoms with Gasteiger partial charge in [-0.2, -0.15) is 0 Å². The summed E-state index contributed by atoms with van der Waals surface area (Å²) in [6.45, 7) is 6.80. The number of rotatable bonds is 5. The summed E-state index contributed by atoms with van der Waals surface area (Å²) in [5, 5.41) is 0. The van der Waals surface area contributed by atoms with Crippen LogP contribution < -0.4 is 0 Å². The molecule has 2 fully saturated rings. The second-order valence-electron chi connectivity index (χ2n) is 5.51. The first-order chi connectivity index (χ1) is 9.29. The van der Waals surface area contributed by atoms with Crippen molar-refractivity contribution in [3.8, 4) is 0 Å². The monoisotopic (exact) mass is 270 g/mol. The van der Waals surface area contributed by atoms with Crippen LogP contribution in [0.2, 0.25) is 0 Å². The van der Waals surface area contributed by atoms with Crippen LogP contribution in [-0.4, -0.2) is 75.4 Å². The van der Waals surface area contributed by atoms with E-state index in [0.29, 0.717) is 25.6 Å². The molecule has 5 heteroatoms. The molecule has 0 spiro atoms. The number of methoxy groups -OCH3 is 1. The Balaban J connectivity index is 1.67. The lowest BCUT2D eigenvalue weighted by atomic mass is 9.99. The van der Waals surface area contributed by atoms with E-state index >= 15 is 0 Å². The van der Waals surface area contributed by atoms with E-state index < -0.39 is 0 Å². The maximum atomic E-state index is 12.1. The van der Waals surface area contributed by atoms with Gasteiger partial charge >= 0.3 is 0 Å². The number of morpholine rings is 1. The number of amides is 1. The Morgan fingerprint density at radius 2 is 2.11 bits per heavy atom. The second kappa shape index (κ2) is 7.82. The summed E-state index contributed by atoms with van der Waals surface area (Å²) in [7, 11) is 1.76. The molecule has 0 saturated carbocycles. The van der Waals surface area contributed by atoms with Crippen LogP contribution in [0.5, 0.6) is 0 Å². The van der Waals surface area contributed by atoms with Crippen molar-refractivity contribution < 1.29 is 14.3 Å². The fourth-order valence-electron chi connectivity index (χ4n) is 2.95. The molecule has 1 amide bonds. The lowest BCUT2D eigenvalue weighted by molar-refractivity contribution is -0.135. The van der Waals surface area contributed by atoms with Crippen LogP contribution in [0.15, 0.2) is 0 Å². The zero-order valence-corrected chi connectivity index (χ0v) is 12.0. The van der Waals surface area contributed by atoms with Crippen molar-refractivity contribution in [3.05, 3.63) is 0 Å². The van der Waals surface area contributed by atoms with Crippen molar-refractivity contribution in [2.75, 3.05) is 59.7 Å². The van der Waals surface area contributed by atoms with E-state index in [1.165, 1.54) is 12.8 Å². The Morgan fingerprint density at radius 3 is 2.84 bits per heavy atom. The van der Waals surface area contributed by atoms with Crippen LogP contribution in [0.25, 0.3) is 0 Å². The molecule has 2 aliphatic rings. The van der Waals surface area contributed by atoms with Crippen LogP contribution >= 0.6 is 0 Å². The fourth-order valence-corrected chi connectivity index (χ4v) is 2.95. The van der Waals surface area contributed by atoms with Gasteiger partial charge in [-0.05, 0) is 25.3 Å². The molecule has 0 aliphatic carbocycles. The molecule has 110 valence electrons. The number of ether oxygens (including phenoxy) is 2. The van der Waals surface area contributed by atoms with Gasteiger partial charge in [-0.3, -0.25) is 4.79 Å². The Bertz CT molecular complexity index is 278. The average Bonchev–Trinajstić information content (AvgIpc) is 2.46. The summed E-state index contributed by atoms with van der Waals surface area (Å²) in [6, 6.07) is 0. The molecule has 0 aromatic rings. The Kier molecular flexibility index (Phi) is 6.07. The van der Waals surface area contributed by atoms with Gasteiger partial charge in [0, 0.05) is 39.7 Å². The van der Waals surface area contributed by atoms with Crippen molar-refractivity contribution in [3.63, 3.8) is 0 Å². The molecule has 0 N–H and O–H groups in total. The number of hydrogen-bond donors (Lipinski definition) is 0. The van der Waals surface area contributed by atoms with E-state index in [1.54, 1.807) is 7.11 Å². The highest BCUT2D eigenvalue weighted by Gasteiger charge is 2.22. The lowest BCUT2D eigenvalue weighted by Crippen LogP contribution is -2.43. The number of carbonyl (C=O) groups excluding carboxylic acids is 1. The standard InChI is InChI=1S/C14H26N2O3/c1-18-12-13-3-2-5-15(11-13)6-4-14(17)16-7-9-19-10-8-16/h13H,2-12H2,1H3/t13-/m0/s1. The van der Waals surface area contributed by atoms with E-state index in [-0.39, 0.29) is 5.91 Å². The Labute approximate surface area is 115 Å². The molecule has 1 atom stereocenters. The van der Waals surface area contributed by atoms with Crippen molar-refractivity contribution in [2.45, 2.75) is 19.3 Å². The highest BCUT2D eigenvalue weighted by atomic mass is 16.5. The average molecular weight is 270 g/mol. The highest BCUT2D eigenvalue weighted by molar-refractivity contribution is 5.76. The van der Waals surface area contributed by atoms with Crippen LogP contribution in [0, 0.1) is 5.92 Å². The van der Waals surface area contributed by atoms with Gasteiger partial charge in [0.05, 0.1) is 19.8 Å². The van der Waals surface area contributed by atoms with E-state index in [2.05, 4.69) is 4.90 Å². The van der Waals surface area contributed by atoms with Gasteiger partial charge in [0.1, 0.15) is 0 Å². The van der Waals surface area contributed by atoms with Gasteiger partial charge in [0.15, 0.2) is 0 Å². The summed E-state index contributed by atoms with van der Waals surface area (Å²) in [4.78, 5) is 16.4. The van der Waals surface area contributed by atoms with Crippen LogP contribution in [0.3, 0.4) is 0 Å². The van der Waals surface area contributed by atoms with E-state index in [4.69, 9.17) is 9.47 Å². The number of hydrogen-bond acceptors (Lipinski definition) is 4. The Hall–Kier alpha value is -0.650. The molecular formula is C14H26N2O3. The third kappa shape index (κ3) is 4.75. The van der Waals surface area contributed by atoms with E-state index in [0.717, 1.165) is 39.3 Å². The van der Waals surface area contributed by atoms with E-state index in [1.807, 2.05) is 4.90 Å². The van der Waals surface area contributed by atoms with Gasteiger partial charge < -0.3 is 19.3 Å². The summed E-state index contributed by atoms with van der Waals surface area (Å²) in [5.41, 5.74) is 0. The number of piperidine rings is 1. The highest BCUT2D eigenvalue weighted by Crippen LogP contribution is 2.17. The maximum absolute atomic E-state index is 12.1. The van der Waals surface area contributed by atoms with Crippen LogP contribution in [0.4, 0.5) is 0 Å². The molecule has 0 radical (unpaired) electrons. The minimum absolute atomic E-state index is 0.275. The van der Waals surface area contributed by atoms with Gasteiger partial charge in [0.25, 0.3) is 0 Å². The largest absolute Gasteiger partial charge is 0.384 e. The third-order valence-corrected chi connectivity index (χ3v) is 4.01. The summed E-state index contributed by atoms with van der Waals surface area (Å²) in [5.74, 6) is 0.911. The zero-order valence-electron chi connectivity index (χ0n) is 12.0. The van der Waals surface area contributed by atoms with Gasteiger partial charge in [-0.25, -0.2) is 0 Å². The molecule has 2 heterocycles. The first kappa shape index (κ1) is 14.8. The smallest absolute Gasteiger partial charge is 0.224 e. The van der Waals surface area contributed by atoms with E-state index in [9.17, 15) is 4.79 Å². The molecule has 0 aromatic carbocycles. The number of carbonyl (C=O) groups is 1. The minimum atomic E-state index is 0.275. The maximum Gasteiger partial charge on any atom is 0.224 e. The molecule has 19 heavy (non-hydrogen) atoms. The quantitative estimate of drug-likeness (QED) is 0.733. The summed E-state index contributed by atoms with van der Waals surface area (Å²) in [6.07, 6.45) is 3.11. The first-order valence-electron chi connectivity index (χ1n) is 7.36. The molecule has 0 unspecified atom stereocenters. The first-order valence-corrected chi connectivity index (χ1v) is 7.36. The normalized spacial score (nSPS) is 25.5. The number of likely N-dealkylation sites (tertiary alicyclic amines) is 1. The van der Waals surface area contributed by atoms with Gasteiger partial charge in [-0.15, -0.1) is 0 Å². The third-order valence-electron chi connectivity index (χ3n) is 4.01. The van der Waals surface area contributed by atoms with Crippen molar-refractivity contribution in [2.24, 2.45) is 5.92 Å². The van der Waals surface area contributed by atoms with Crippen molar-refractivity contribution in [1.29, 1.82) is 0 Å². The minimum Gasteiger partial charge on any atom is -0.384 e. The van der Waals surface area contributed by atoms with Gasteiger partial charge in [0.2, 0.25) is 5.91 Å². The predicted octanol–water partition coefficient (Wildman–Crippen LogP) is 0.594. The van der Waals surface area contributed by atoms with Crippen molar-refractivity contribution in [1.82, 2.24) is 9.80 Å². The van der Waals surface area contributed by atoms with Crippen molar-refractivity contribution >= 4 is 5.91 Å². The zero-order chi connectivity index (χ0) is 13.5. The van der Waals surface area contributed by atoms with Gasteiger partial charge in [-0.1, -0.05) is 0 Å². The molecular weight excluding hydrogens is 244 g/mol. The molecule has 5 nitrogen and oxygen atoms in total. The summed E-state index contributed by atoms with van der Waals surface area (Å²) >= 11 is 0. The second-order valence-corrected chi connectivity index (χ2v) is 5.51. The summed E-state index contributed by atoms with van der Waals surface area (Å²) < 4.78 is 10.5. The SMILES string of the molecule is COC[C@H]1CCCN(CCC(=O)N2CCOCC2)C1. The predicted molar refractivity (Wildman–Crippen MR) is 73.1 cm³/mol. The molecule has 0 aromatic heterocycles. The van der Waals surface area contributed by atoms with Crippen LogP contribution in [0.1, 0.15) is 19.3 Å². The molecule has 2 saturated heterocycles. The Morgan fingerprint density at radius 1 is 1.32 bits per heavy atom. The van der Waals surface area contributed by atoms with Crippen LogP contribution in [-0.2, 0) is 14.3 Å². The molecule has 0 bridgehead atoms. The fraction of sp³-hybridized carbons (Fsp3) is 0.929. The molecule has 2 aliphatic heterocycles. The number of nitrogens with zero attached hydrogens (tertiary/aromatic N) is 2. The molecule has 2 rings (SSSR count).